The highest BCUT2D eigenvalue weighted by Crippen LogP contribution is 2.45. The number of nitrogens with zero attached hydrogens (tertiary/aromatic N) is 1. The molecule has 1 aliphatic carbocycles. The summed E-state index contributed by atoms with van der Waals surface area (Å²) < 4.78 is 14.4. The highest BCUT2D eigenvalue weighted by Gasteiger charge is 2.41. The van der Waals surface area contributed by atoms with E-state index in [2.05, 4.69) is 22.8 Å². The standard InChI is InChI=1S/C31H30FN3O2/c1-19-28(31(37)34-25-12-8-7-11-24(25)32)29(21-13-15-23(16-14-21)35(2)3)30-26(33-19)17-22(18-27(30)36)20-9-5-4-6-10-20/h4-16,22,29,33H,17-18H2,1-3H3,(H,34,37)/t22-,29+/m0/s1. The topological polar surface area (TPSA) is 61.4 Å². The fraction of sp³-hybridized carbons (Fsp3) is 0.226. The summed E-state index contributed by atoms with van der Waals surface area (Å²) in [7, 11) is 3.93. The molecule has 6 heteroatoms. The molecule has 0 saturated carbocycles. The van der Waals surface area contributed by atoms with Crippen LogP contribution in [0, 0.1) is 5.82 Å². The van der Waals surface area contributed by atoms with Crippen LogP contribution in [0.15, 0.2) is 101 Å². The van der Waals surface area contributed by atoms with E-state index in [1.807, 2.05) is 68.4 Å². The van der Waals surface area contributed by atoms with Crippen molar-refractivity contribution in [2.45, 2.75) is 31.6 Å². The average molecular weight is 496 g/mol. The number of Topliss-reactive ketones (excluding diaryl/α,β-unsaturated/α-hetero) is 1. The fourth-order valence-electron chi connectivity index (χ4n) is 5.35. The molecule has 188 valence electrons. The largest absolute Gasteiger partial charge is 0.378 e. The first-order chi connectivity index (χ1) is 17.8. The van der Waals surface area contributed by atoms with Crippen molar-refractivity contribution in [3.63, 3.8) is 0 Å². The lowest BCUT2D eigenvalue weighted by molar-refractivity contribution is -0.116. The minimum absolute atomic E-state index is 0.0213. The second kappa shape index (κ2) is 10.1. The molecule has 0 unspecified atom stereocenters. The number of hydrogen-bond acceptors (Lipinski definition) is 4. The van der Waals surface area contributed by atoms with Crippen molar-refractivity contribution in [1.29, 1.82) is 0 Å². The first-order valence-electron chi connectivity index (χ1n) is 12.5. The van der Waals surface area contributed by atoms with E-state index in [9.17, 15) is 14.0 Å². The van der Waals surface area contributed by atoms with Crippen molar-refractivity contribution in [2.75, 3.05) is 24.3 Å². The van der Waals surface area contributed by atoms with Gasteiger partial charge >= 0.3 is 0 Å². The van der Waals surface area contributed by atoms with E-state index in [0.29, 0.717) is 29.7 Å². The third kappa shape index (κ3) is 4.79. The third-order valence-electron chi connectivity index (χ3n) is 7.21. The summed E-state index contributed by atoms with van der Waals surface area (Å²) in [4.78, 5) is 29.4. The number of hydrogen-bond donors (Lipinski definition) is 2. The molecule has 2 aliphatic rings. The maximum absolute atomic E-state index is 14.4. The van der Waals surface area contributed by atoms with Crippen molar-refractivity contribution in [2.24, 2.45) is 0 Å². The predicted octanol–water partition coefficient (Wildman–Crippen LogP) is 5.89. The Hall–Kier alpha value is -4.19. The molecule has 1 heterocycles. The molecule has 0 radical (unpaired) electrons. The maximum Gasteiger partial charge on any atom is 0.254 e. The molecule has 3 aromatic rings. The molecule has 5 rings (SSSR count). The zero-order chi connectivity index (χ0) is 26.1. The molecule has 2 N–H and O–H groups in total. The van der Waals surface area contributed by atoms with Crippen LogP contribution in [0.2, 0.25) is 0 Å². The third-order valence-corrected chi connectivity index (χ3v) is 7.21. The molecule has 0 fully saturated rings. The summed E-state index contributed by atoms with van der Waals surface area (Å²) >= 11 is 0. The summed E-state index contributed by atoms with van der Waals surface area (Å²) in [6.07, 6.45) is 1.05. The van der Waals surface area contributed by atoms with Gasteiger partial charge in [0.05, 0.1) is 5.69 Å². The van der Waals surface area contributed by atoms with Gasteiger partial charge in [-0.1, -0.05) is 54.6 Å². The first-order valence-corrected chi connectivity index (χ1v) is 12.5. The zero-order valence-electron chi connectivity index (χ0n) is 21.2. The van der Waals surface area contributed by atoms with Gasteiger partial charge in [0.1, 0.15) is 5.82 Å². The minimum Gasteiger partial charge on any atom is -0.378 e. The van der Waals surface area contributed by atoms with Crippen LogP contribution < -0.4 is 15.5 Å². The van der Waals surface area contributed by atoms with Crippen LogP contribution in [0.1, 0.15) is 42.7 Å². The number of rotatable bonds is 5. The Labute approximate surface area is 216 Å². The van der Waals surface area contributed by atoms with Crippen LogP contribution in [0.3, 0.4) is 0 Å². The second-order valence-corrected chi connectivity index (χ2v) is 9.85. The number of nitrogens with one attached hydrogen (secondary N) is 2. The number of anilines is 2. The number of carbonyl (C=O) groups is 2. The van der Waals surface area contributed by atoms with E-state index in [0.717, 1.165) is 22.5 Å². The number of ketones is 1. The number of halogens is 1. The average Bonchev–Trinajstić information content (AvgIpc) is 2.89. The van der Waals surface area contributed by atoms with Crippen LogP contribution >= 0.6 is 0 Å². The predicted molar refractivity (Wildman–Crippen MR) is 145 cm³/mol. The van der Waals surface area contributed by atoms with Crippen molar-refractivity contribution < 1.29 is 14.0 Å². The molecule has 0 saturated heterocycles. The molecular formula is C31H30FN3O2. The fourth-order valence-corrected chi connectivity index (χ4v) is 5.35. The van der Waals surface area contributed by atoms with Gasteiger partial charge in [-0.05, 0) is 54.7 Å². The number of benzene rings is 3. The van der Waals surface area contributed by atoms with E-state index in [4.69, 9.17) is 0 Å². The highest BCUT2D eigenvalue weighted by atomic mass is 19.1. The van der Waals surface area contributed by atoms with Crippen molar-refractivity contribution in [3.05, 3.63) is 118 Å². The van der Waals surface area contributed by atoms with Gasteiger partial charge < -0.3 is 15.5 Å². The van der Waals surface area contributed by atoms with Crippen molar-refractivity contribution >= 4 is 23.1 Å². The first kappa shape index (κ1) is 24.5. The zero-order valence-corrected chi connectivity index (χ0v) is 21.2. The summed E-state index contributed by atoms with van der Waals surface area (Å²) in [5.74, 6) is -1.40. The molecule has 2 atom stereocenters. The van der Waals surface area contributed by atoms with Gasteiger partial charge in [-0.3, -0.25) is 9.59 Å². The molecular weight excluding hydrogens is 465 g/mol. The Morgan fingerprint density at radius 2 is 1.59 bits per heavy atom. The number of amides is 1. The Morgan fingerprint density at radius 3 is 2.27 bits per heavy atom. The number of allylic oxidation sites excluding steroid dienone is 3. The van der Waals surface area contributed by atoms with E-state index < -0.39 is 17.6 Å². The highest BCUT2D eigenvalue weighted by molar-refractivity contribution is 6.10. The quantitative estimate of drug-likeness (QED) is 0.463. The van der Waals surface area contributed by atoms with Crippen LogP contribution in [0.25, 0.3) is 0 Å². The van der Waals surface area contributed by atoms with Gasteiger partial charge in [-0.2, -0.15) is 0 Å². The molecule has 1 amide bonds. The Balaban J connectivity index is 1.57. The molecule has 1 aliphatic heterocycles. The summed E-state index contributed by atoms with van der Waals surface area (Å²) in [6.45, 7) is 1.85. The maximum atomic E-state index is 14.4. The SMILES string of the molecule is CC1=C(C(=O)Nc2ccccc2F)[C@@H](c2ccc(N(C)C)cc2)C2=C(C[C@H](c3ccccc3)CC2=O)N1. The lowest BCUT2D eigenvalue weighted by Crippen LogP contribution is -2.37. The van der Waals surface area contributed by atoms with Crippen LogP contribution in [-0.4, -0.2) is 25.8 Å². The molecule has 0 spiro atoms. The Bertz CT molecular complexity index is 1410. The molecule has 37 heavy (non-hydrogen) atoms. The number of para-hydroxylation sites is 1. The smallest absolute Gasteiger partial charge is 0.254 e. The second-order valence-electron chi connectivity index (χ2n) is 9.85. The van der Waals surface area contributed by atoms with Crippen LogP contribution in [0.4, 0.5) is 15.8 Å². The van der Waals surface area contributed by atoms with Crippen molar-refractivity contribution in [3.8, 4) is 0 Å². The Kier molecular flexibility index (Phi) is 6.66. The van der Waals surface area contributed by atoms with E-state index in [-0.39, 0.29) is 17.4 Å². The lowest BCUT2D eigenvalue weighted by atomic mass is 9.71. The van der Waals surface area contributed by atoms with Gasteiger partial charge in [-0.15, -0.1) is 0 Å². The lowest BCUT2D eigenvalue weighted by Gasteiger charge is -2.37. The van der Waals surface area contributed by atoms with E-state index >= 15 is 0 Å². The van der Waals surface area contributed by atoms with Gasteiger partial charge in [0.15, 0.2) is 5.78 Å². The summed E-state index contributed by atoms with van der Waals surface area (Å²) in [5.41, 5.74) is 5.66. The van der Waals surface area contributed by atoms with Gasteiger partial charge in [-0.25, -0.2) is 4.39 Å². The number of dihydropyridines is 1. The van der Waals surface area contributed by atoms with E-state index in [1.165, 1.54) is 12.1 Å². The Morgan fingerprint density at radius 1 is 0.919 bits per heavy atom. The number of carbonyl (C=O) groups excluding carboxylic acids is 2. The molecule has 0 aromatic heterocycles. The normalized spacial score (nSPS) is 19.3. The van der Waals surface area contributed by atoms with E-state index in [1.54, 1.807) is 12.1 Å². The molecule has 5 nitrogen and oxygen atoms in total. The van der Waals surface area contributed by atoms with Crippen LogP contribution in [-0.2, 0) is 9.59 Å². The molecule has 0 bridgehead atoms. The minimum atomic E-state index is -0.552. The monoisotopic (exact) mass is 495 g/mol. The van der Waals surface area contributed by atoms with Crippen molar-refractivity contribution in [1.82, 2.24) is 5.32 Å². The summed E-state index contributed by atoms with van der Waals surface area (Å²) in [5, 5.41) is 6.12. The van der Waals surface area contributed by atoms with Gasteiger partial charge in [0.2, 0.25) is 0 Å². The van der Waals surface area contributed by atoms with Gasteiger partial charge in [0.25, 0.3) is 5.91 Å². The van der Waals surface area contributed by atoms with Gasteiger partial charge in [0, 0.05) is 54.7 Å². The summed E-state index contributed by atoms with van der Waals surface area (Å²) in [6, 6.07) is 24.1. The molecule has 3 aromatic carbocycles. The van der Waals surface area contributed by atoms with Crippen LogP contribution in [0.5, 0.6) is 0 Å².